The Hall–Kier alpha value is -1.84. The average molecular weight is 393 g/mol. The van der Waals surface area contributed by atoms with Gasteiger partial charge in [-0.3, -0.25) is 4.79 Å². The first kappa shape index (κ1) is 18.9. The number of halogens is 3. The summed E-state index contributed by atoms with van der Waals surface area (Å²) in [5.74, 6) is -0.842. The minimum absolute atomic E-state index is 0.0234. The van der Waals surface area contributed by atoms with Crippen LogP contribution < -0.4 is 0 Å². The van der Waals surface area contributed by atoms with Crippen LogP contribution in [0.1, 0.15) is 19.4 Å². The van der Waals surface area contributed by atoms with Crippen LogP contribution in [0.15, 0.2) is 59.1 Å². The number of esters is 1. The molecule has 26 heavy (non-hydrogen) atoms. The first-order chi connectivity index (χ1) is 12.3. The minimum atomic E-state index is -0.283. The highest BCUT2D eigenvalue weighted by molar-refractivity contribution is 6.55. The molecule has 136 valence electrons. The summed E-state index contributed by atoms with van der Waals surface area (Å²) in [6.07, 6.45) is 1.69. The molecule has 1 aliphatic rings. The molecule has 1 saturated carbocycles. The highest BCUT2D eigenvalue weighted by Gasteiger charge is 2.61. The summed E-state index contributed by atoms with van der Waals surface area (Å²) in [5.41, 5.74) is 1.85. The molecule has 0 N–H and O–H groups in total. The van der Waals surface area contributed by atoms with Gasteiger partial charge in [0.25, 0.3) is 0 Å². The van der Waals surface area contributed by atoms with Crippen LogP contribution in [0.5, 0.6) is 0 Å². The van der Waals surface area contributed by atoms with Crippen LogP contribution in [0.3, 0.4) is 0 Å². The maximum absolute atomic E-state index is 14.0. The third-order valence-electron chi connectivity index (χ3n) is 4.96. The van der Waals surface area contributed by atoms with E-state index < -0.39 is 0 Å². The molecule has 2 atom stereocenters. The van der Waals surface area contributed by atoms with Crippen molar-refractivity contribution in [3.63, 3.8) is 0 Å². The van der Waals surface area contributed by atoms with Crippen molar-refractivity contribution in [1.29, 1.82) is 0 Å². The van der Waals surface area contributed by atoms with Crippen molar-refractivity contribution in [1.82, 2.24) is 0 Å². The summed E-state index contributed by atoms with van der Waals surface area (Å²) in [7, 11) is 0. The van der Waals surface area contributed by atoms with Gasteiger partial charge in [-0.05, 0) is 40.7 Å². The molecule has 0 radical (unpaired) electrons. The Kier molecular flexibility index (Phi) is 5.40. The Labute approximate surface area is 162 Å². The highest BCUT2D eigenvalue weighted by Crippen LogP contribution is 2.60. The number of carbonyl (C=O) groups is 1. The molecule has 1 fully saturated rings. The lowest BCUT2D eigenvalue weighted by molar-refractivity contribution is -0.147. The first-order valence-corrected chi connectivity index (χ1v) is 9.09. The van der Waals surface area contributed by atoms with Crippen molar-refractivity contribution in [3.05, 3.63) is 70.5 Å². The SMILES string of the molecule is CC1(C)C(C=C(Cl)Cl)C1C(=O)OCc1cccc(-c2ccccc2F)c1. The second kappa shape index (κ2) is 7.42. The predicted octanol–water partition coefficient (Wildman–Crippen LogP) is 6.13. The molecule has 3 rings (SSSR count). The minimum Gasteiger partial charge on any atom is -0.461 e. The van der Waals surface area contributed by atoms with Gasteiger partial charge in [-0.2, -0.15) is 0 Å². The molecule has 5 heteroatoms. The van der Waals surface area contributed by atoms with Crippen LogP contribution in [0.4, 0.5) is 4.39 Å². The van der Waals surface area contributed by atoms with Gasteiger partial charge in [-0.25, -0.2) is 4.39 Å². The largest absolute Gasteiger partial charge is 0.461 e. The van der Waals surface area contributed by atoms with Gasteiger partial charge in [0.2, 0.25) is 0 Å². The fraction of sp³-hybridized carbons (Fsp3) is 0.286. The summed E-state index contributed by atoms with van der Waals surface area (Å²) in [4.78, 5) is 12.4. The summed E-state index contributed by atoms with van der Waals surface area (Å²) in [5, 5.41) is 0. The van der Waals surface area contributed by atoms with Crippen molar-refractivity contribution in [2.24, 2.45) is 17.3 Å². The van der Waals surface area contributed by atoms with E-state index >= 15 is 0 Å². The maximum Gasteiger partial charge on any atom is 0.310 e. The molecule has 2 unspecified atom stereocenters. The third-order valence-corrected chi connectivity index (χ3v) is 5.22. The second-order valence-electron chi connectivity index (χ2n) is 7.07. The summed E-state index contributed by atoms with van der Waals surface area (Å²) < 4.78 is 19.6. The molecular weight excluding hydrogens is 374 g/mol. The average Bonchev–Trinajstić information content (AvgIpc) is 3.13. The van der Waals surface area contributed by atoms with E-state index in [9.17, 15) is 9.18 Å². The van der Waals surface area contributed by atoms with Crippen LogP contribution in [0, 0.1) is 23.1 Å². The Morgan fingerprint density at radius 3 is 2.62 bits per heavy atom. The van der Waals surface area contributed by atoms with Gasteiger partial charge in [-0.1, -0.05) is 73.4 Å². The molecule has 2 aromatic rings. The quantitative estimate of drug-likeness (QED) is 0.572. The van der Waals surface area contributed by atoms with Gasteiger partial charge in [0.1, 0.15) is 16.9 Å². The number of hydrogen-bond acceptors (Lipinski definition) is 2. The van der Waals surface area contributed by atoms with E-state index in [1.807, 2.05) is 38.1 Å². The van der Waals surface area contributed by atoms with Crippen molar-refractivity contribution in [2.45, 2.75) is 20.5 Å². The molecule has 0 saturated heterocycles. The second-order valence-corrected chi connectivity index (χ2v) is 8.08. The fourth-order valence-electron chi connectivity index (χ4n) is 3.34. The molecule has 0 aliphatic heterocycles. The van der Waals surface area contributed by atoms with Crippen LogP contribution in [0.25, 0.3) is 11.1 Å². The van der Waals surface area contributed by atoms with Gasteiger partial charge < -0.3 is 4.74 Å². The van der Waals surface area contributed by atoms with Gasteiger partial charge in [0.15, 0.2) is 0 Å². The van der Waals surface area contributed by atoms with Crippen molar-refractivity contribution in [3.8, 4) is 11.1 Å². The van der Waals surface area contributed by atoms with E-state index in [-0.39, 0.29) is 40.1 Å². The zero-order valence-electron chi connectivity index (χ0n) is 14.5. The zero-order chi connectivity index (χ0) is 18.9. The smallest absolute Gasteiger partial charge is 0.310 e. The van der Waals surface area contributed by atoms with Gasteiger partial charge in [0.05, 0.1) is 5.92 Å². The van der Waals surface area contributed by atoms with Crippen molar-refractivity contribution < 1.29 is 13.9 Å². The number of allylic oxidation sites excluding steroid dienone is 1. The maximum atomic E-state index is 14.0. The van der Waals surface area contributed by atoms with E-state index in [1.165, 1.54) is 6.07 Å². The Bertz CT molecular complexity index is 857. The number of rotatable bonds is 5. The lowest BCUT2D eigenvalue weighted by Crippen LogP contribution is -2.10. The van der Waals surface area contributed by atoms with Gasteiger partial charge >= 0.3 is 5.97 Å². The lowest BCUT2D eigenvalue weighted by Gasteiger charge is -2.08. The van der Waals surface area contributed by atoms with Crippen LogP contribution in [-0.2, 0) is 16.1 Å². The van der Waals surface area contributed by atoms with E-state index in [1.54, 1.807) is 24.3 Å². The number of ether oxygens (including phenoxy) is 1. The van der Waals surface area contributed by atoms with Crippen LogP contribution >= 0.6 is 23.2 Å². The summed E-state index contributed by atoms with van der Waals surface area (Å²) in [6.45, 7) is 4.10. The first-order valence-electron chi connectivity index (χ1n) is 8.34. The van der Waals surface area contributed by atoms with E-state index in [0.29, 0.717) is 5.56 Å². The Balaban J connectivity index is 1.68. The fourth-order valence-corrected chi connectivity index (χ4v) is 3.61. The van der Waals surface area contributed by atoms with Crippen molar-refractivity contribution >= 4 is 29.2 Å². The molecule has 0 spiro atoms. The topological polar surface area (TPSA) is 26.3 Å². The standard InChI is InChI=1S/C21H19Cl2FO2/c1-21(2)16(11-18(22)23)19(21)20(25)26-12-13-6-5-7-14(10-13)15-8-3-4-9-17(15)24/h3-11,16,19H,12H2,1-2H3. The number of hydrogen-bond donors (Lipinski definition) is 0. The molecule has 2 aromatic carbocycles. The Morgan fingerprint density at radius 1 is 1.19 bits per heavy atom. The molecule has 2 nitrogen and oxygen atoms in total. The molecule has 0 aromatic heterocycles. The molecule has 0 bridgehead atoms. The van der Waals surface area contributed by atoms with Crippen molar-refractivity contribution in [2.75, 3.05) is 0 Å². The third kappa shape index (κ3) is 3.94. The monoisotopic (exact) mass is 392 g/mol. The lowest BCUT2D eigenvalue weighted by atomic mass is 10.0. The van der Waals surface area contributed by atoms with E-state index in [4.69, 9.17) is 27.9 Å². The Morgan fingerprint density at radius 2 is 1.92 bits per heavy atom. The van der Waals surface area contributed by atoms with E-state index in [2.05, 4.69) is 0 Å². The zero-order valence-corrected chi connectivity index (χ0v) is 16.0. The summed E-state index contributed by atoms with van der Waals surface area (Å²) >= 11 is 11.4. The molecule has 1 aliphatic carbocycles. The summed E-state index contributed by atoms with van der Waals surface area (Å²) in [6, 6.07) is 13.9. The molecule has 0 heterocycles. The number of carbonyl (C=O) groups excluding carboxylic acids is 1. The van der Waals surface area contributed by atoms with Crippen LogP contribution in [0.2, 0.25) is 0 Å². The molecular formula is C21H19Cl2FO2. The number of benzene rings is 2. The van der Waals surface area contributed by atoms with Gasteiger partial charge in [-0.15, -0.1) is 0 Å². The normalized spacial score (nSPS) is 20.3. The predicted molar refractivity (Wildman–Crippen MR) is 102 cm³/mol. The molecule has 0 amide bonds. The van der Waals surface area contributed by atoms with Crippen LogP contribution in [-0.4, -0.2) is 5.97 Å². The van der Waals surface area contributed by atoms with Gasteiger partial charge in [0, 0.05) is 5.56 Å². The highest BCUT2D eigenvalue weighted by atomic mass is 35.5. The van der Waals surface area contributed by atoms with E-state index in [0.717, 1.165) is 11.1 Å².